The SMILES string of the molecule is Cc1cc(/C=C(/C#N)C(=O)NC2CCCCC2)c(C)n1-c1ccc(C(=O)O)cc1. The Morgan fingerprint density at radius 2 is 1.83 bits per heavy atom. The maximum atomic E-state index is 12.6. The predicted octanol–water partition coefficient (Wildman–Crippen LogP) is 4.15. The third kappa shape index (κ3) is 4.57. The van der Waals surface area contributed by atoms with Crippen molar-refractivity contribution >= 4 is 18.0 Å². The average molecular weight is 391 g/mol. The zero-order valence-electron chi connectivity index (χ0n) is 16.7. The van der Waals surface area contributed by atoms with Gasteiger partial charge < -0.3 is 15.0 Å². The first-order chi connectivity index (χ1) is 13.9. The molecule has 0 atom stereocenters. The largest absolute Gasteiger partial charge is 0.478 e. The average Bonchev–Trinajstić information content (AvgIpc) is 2.99. The molecule has 3 rings (SSSR count). The summed E-state index contributed by atoms with van der Waals surface area (Å²) in [5, 5.41) is 21.6. The standard InChI is InChI=1S/C23H25N3O3/c1-15-12-18(13-19(14-24)22(27)25-20-6-4-3-5-7-20)16(2)26(15)21-10-8-17(9-11-21)23(28)29/h8-13,20H,3-7H2,1-2H3,(H,25,27)(H,28,29)/b19-13-. The van der Waals surface area contributed by atoms with E-state index in [1.54, 1.807) is 30.3 Å². The summed E-state index contributed by atoms with van der Waals surface area (Å²) in [5.74, 6) is -1.29. The summed E-state index contributed by atoms with van der Waals surface area (Å²) in [4.78, 5) is 23.6. The maximum Gasteiger partial charge on any atom is 0.335 e. The van der Waals surface area contributed by atoms with Gasteiger partial charge in [-0.25, -0.2) is 4.79 Å². The number of aromatic nitrogens is 1. The van der Waals surface area contributed by atoms with Crippen molar-refractivity contribution in [2.24, 2.45) is 0 Å². The fraction of sp³-hybridized carbons (Fsp3) is 0.348. The lowest BCUT2D eigenvalue weighted by molar-refractivity contribution is -0.117. The van der Waals surface area contributed by atoms with Gasteiger partial charge in [0.1, 0.15) is 11.6 Å². The summed E-state index contributed by atoms with van der Waals surface area (Å²) in [5.41, 5.74) is 3.75. The Kier molecular flexibility index (Phi) is 6.18. The van der Waals surface area contributed by atoms with Crippen LogP contribution in [0.3, 0.4) is 0 Å². The second-order valence-electron chi connectivity index (χ2n) is 7.49. The predicted molar refractivity (Wildman–Crippen MR) is 111 cm³/mol. The van der Waals surface area contributed by atoms with Crippen LogP contribution >= 0.6 is 0 Å². The van der Waals surface area contributed by atoms with Crippen molar-refractivity contribution in [3.05, 3.63) is 58.4 Å². The molecular formula is C23H25N3O3. The van der Waals surface area contributed by atoms with Crippen LogP contribution < -0.4 is 5.32 Å². The van der Waals surface area contributed by atoms with Crippen LogP contribution in [0.5, 0.6) is 0 Å². The minimum Gasteiger partial charge on any atom is -0.478 e. The van der Waals surface area contributed by atoms with Crippen LogP contribution in [0, 0.1) is 25.2 Å². The second kappa shape index (κ2) is 8.78. The molecule has 6 nitrogen and oxygen atoms in total. The molecule has 0 saturated heterocycles. The van der Waals surface area contributed by atoms with Crippen LogP contribution in [0.15, 0.2) is 35.9 Å². The lowest BCUT2D eigenvalue weighted by Crippen LogP contribution is -2.36. The normalized spacial score (nSPS) is 15.0. The topological polar surface area (TPSA) is 95.1 Å². The van der Waals surface area contributed by atoms with E-state index in [4.69, 9.17) is 5.11 Å². The second-order valence-corrected chi connectivity index (χ2v) is 7.49. The summed E-state index contributed by atoms with van der Waals surface area (Å²) < 4.78 is 1.98. The Morgan fingerprint density at radius 1 is 1.17 bits per heavy atom. The van der Waals surface area contributed by atoms with Crippen molar-refractivity contribution in [2.45, 2.75) is 52.0 Å². The number of nitriles is 1. The molecule has 1 aromatic carbocycles. The number of nitrogens with zero attached hydrogens (tertiary/aromatic N) is 2. The lowest BCUT2D eigenvalue weighted by atomic mass is 9.95. The molecule has 150 valence electrons. The van der Waals surface area contributed by atoms with Gasteiger partial charge in [0.15, 0.2) is 0 Å². The Hall–Kier alpha value is -3.33. The van der Waals surface area contributed by atoms with Crippen molar-refractivity contribution in [3.8, 4) is 11.8 Å². The zero-order chi connectivity index (χ0) is 21.0. The van der Waals surface area contributed by atoms with Crippen LogP contribution in [-0.4, -0.2) is 27.6 Å². The summed E-state index contributed by atoms with van der Waals surface area (Å²) in [7, 11) is 0. The molecule has 0 unspecified atom stereocenters. The highest BCUT2D eigenvalue weighted by molar-refractivity contribution is 6.02. The monoisotopic (exact) mass is 391 g/mol. The highest BCUT2D eigenvalue weighted by Gasteiger charge is 2.19. The molecule has 1 aliphatic carbocycles. The highest BCUT2D eigenvalue weighted by Crippen LogP contribution is 2.24. The van der Waals surface area contributed by atoms with Crippen molar-refractivity contribution < 1.29 is 14.7 Å². The number of carbonyl (C=O) groups is 2. The molecule has 29 heavy (non-hydrogen) atoms. The van der Waals surface area contributed by atoms with E-state index >= 15 is 0 Å². The molecule has 1 aliphatic rings. The van der Waals surface area contributed by atoms with Crippen LogP contribution in [0.1, 0.15) is 59.4 Å². The van der Waals surface area contributed by atoms with E-state index in [-0.39, 0.29) is 23.1 Å². The Balaban J connectivity index is 1.86. The van der Waals surface area contributed by atoms with Gasteiger partial charge in [0.25, 0.3) is 5.91 Å². The van der Waals surface area contributed by atoms with Gasteiger partial charge in [-0.2, -0.15) is 5.26 Å². The van der Waals surface area contributed by atoms with Gasteiger partial charge in [-0.05, 0) is 68.7 Å². The number of rotatable bonds is 5. The number of carboxylic acids is 1. The van der Waals surface area contributed by atoms with Crippen LogP contribution in [0.2, 0.25) is 0 Å². The van der Waals surface area contributed by atoms with Gasteiger partial charge in [0, 0.05) is 23.1 Å². The number of carbonyl (C=O) groups excluding carboxylic acids is 1. The van der Waals surface area contributed by atoms with E-state index in [1.807, 2.05) is 30.6 Å². The van der Waals surface area contributed by atoms with Crippen molar-refractivity contribution in [1.82, 2.24) is 9.88 Å². The summed E-state index contributed by atoms with van der Waals surface area (Å²) in [6.07, 6.45) is 6.97. The summed E-state index contributed by atoms with van der Waals surface area (Å²) >= 11 is 0. The zero-order valence-corrected chi connectivity index (χ0v) is 16.7. The van der Waals surface area contributed by atoms with Crippen LogP contribution in [-0.2, 0) is 4.79 Å². The Morgan fingerprint density at radius 3 is 2.41 bits per heavy atom. The fourth-order valence-corrected chi connectivity index (χ4v) is 3.90. The molecule has 1 aromatic heterocycles. The highest BCUT2D eigenvalue weighted by atomic mass is 16.4. The minimum absolute atomic E-state index is 0.0945. The maximum absolute atomic E-state index is 12.6. The first kappa shape index (κ1) is 20.4. The van der Waals surface area contributed by atoms with E-state index in [2.05, 4.69) is 5.32 Å². The first-order valence-electron chi connectivity index (χ1n) is 9.86. The van der Waals surface area contributed by atoms with E-state index in [1.165, 1.54) is 6.42 Å². The molecule has 0 bridgehead atoms. The number of nitrogens with one attached hydrogen (secondary N) is 1. The van der Waals surface area contributed by atoms with Crippen molar-refractivity contribution in [2.75, 3.05) is 0 Å². The summed E-state index contributed by atoms with van der Waals surface area (Å²) in [6, 6.07) is 10.7. The van der Waals surface area contributed by atoms with Gasteiger partial charge in [-0.1, -0.05) is 19.3 Å². The van der Waals surface area contributed by atoms with E-state index < -0.39 is 5.97 Å². The molecule has 2 N–H and O–H groups in total. The molecule has 0 spiro atoms. The molecule has 1 heterocycles. The van der Waals surface area contributed by atoms with Crippen molar-refractivity contribution in [3.63, 3.8) is 0 Å². The number of amides is 1. The number of aryl methyl sites for hydroxylation is 1. The minimum atomic E-state index is -0.969. The molecule has 2 aromatic rings. The number of benzene rings is 1. The number of carboxylic acid groups (broad SMARTS) is 1. The molecule has 1 fully saturated rings. The van der Waals surface area contributed by atoms with E-state index in [0.29, 0.717) is 0 Å². The first-order valence-corrected chi connectivity index (χ1v) is 9.86. The van der Waals surface area contributed by atoms with Gasteiger partial charge in [-0.3, -0.25) is 4.79 Å². The third-order valence-electron chi connectivity index (χ3n) is 5.45. The van der Waals surface area contributed by atoms with Gasteiger partial charge in [-0.15, -0.1) is 0 Å². The van der Waals surface area contributed by atoms with Crippen LogP contribution in [0.25, 0.3) is 11.8 Å². The van der Waals surface area contributed by atoms with Gasteiger partial charge in [0.2, 0.25) is 0 Å². The third-order valence-corrected chi connectivity index (χ3v) is 5.45. The molecule has 0 aliphatic heterocycles. The lowest BCUT2D eigenvalue weighted by Gasteiger charge is -2.22. The van der Waals surface area contributed by atoms with Gasteiger partial charge >= 0.3 is 5.97 Å². The summed E-state index contributed by atoms with van der Waals surface area (Å²) in [6.45, 7) is 3.85. The van der Waals surface area contributed by atoms with E-state index in [9.17, 15) is 14.9 Å². The molecule has 1 saturated carbocycles. The Labute approximate surface area is 170 Å². The molecular weight excluding hydrogens is 366 g/mol. The quantitative estimate of drug-likeness (QED) is 0.591. The van der Waals surface area contributed by atoms with Crippen molar-refractivity contribution in [1.29, 1.82) is 5.26 Å². The Bertz CT molecular complexity index is 988. The smallest absolute Gasteiger partial charge is 0.335 e. The number of hydrogen-bond donors (Lipinski definition) is 2. The fourth-order valence-electron chi connectivity index (χ4n) is 3.90. The van der Waals surface area contributed by atoms with Gasteiger partial charge in [0.05, 0.1) is 5.56 Å². The van der Waals surface area contributed by atoms with E-state index in [0.717, 1.165) is 48.3 Å². The molecule has 6 heteroatoms. The molecule has 0 radical (unpaired) electrons. The molecule has 1 amide bonds. The number of aromatic carboxylic acids is 1. The van der Waals surface area contributed by atoms with Crippen LogP contribution in [0.4, 0.5) is 0 Å². The number of hydrogen-bond acceptors (Lipinski definition) is 3.